The molecule has 0 atom stereocenters. The van der Waals surface area contributed by atoms with Crippen molar-refractivity contribution in [1.29, 1.82) is 0 Å². The quantitative estimate of drug-likeness (QED) is 0.514. The average Bonchev–Trinajstić information content (AvgIpc) is 1.83. The molecule has 0 N–H and O–H groups in total. The van der Waals surface area contributed by atoms with Gasteiger partial charge >= 0.3 is 0 Å². The topological polar surface area (TPSA) is 13.1 Å². The molecule has 1 nitrogen and oxygen atoms in total. The van der Waals surface area contributed by atoms with Crippen LogP contribution >= 0.6 is 12.2 Å². The Bertz CT molecular complexity index is 262. The van der Waals surface area contributed by atoms with E-state index in [4.69, 9.17) is 16.6 Å². The molecule has 1 aromatic rings. The summed E-state index contributed by atoms with van der Waals surface area (Å²) < 4.78 is 5.55. The van der Waals surface area contributed by atoms with Crippen molar-refractivity contribution >= 4 is 12.2 Å². The van der Waals surface area contributed by atoms with Gasteiger partial charge in [-0.25, -0.2) is 0 Å². The lowest BCUT2D eigenvalue weighted by Crippen LogP contribution is -1.78. The molecule has 0 bridgehead atoms. The van der Waals surface area contributed by atoms with Crippen LogP contribution in [0.5, 0.6) is 0 Å². The summed E-state index contributed by atoms with van der Waals surface area (Å²) in [4.78, 5) is 0. The van der Waals surface area contributed by atoms with E-state index in [2.05, 4.69) is 0 Å². The standard InChI is InChI=1S/C7H8OS/c1-5-3-4-8-7(9)6(5)2/h3-4H,1-2H3. The minimum atomic E-state index is 0.593. The highest BCUT2D eigenvalue weighted by Gasteiger charge is 1.91. The molecule has 0 aliphatic heterocycles. The Labute approximate surface area is 59.3 Å². The Kier molecular flexibility index (Phi) is 1.67. The van der Waals surface area contributed by atoms with Gasteiger partial charge in [-0.2, -0.15) is 0 Å². The number of aryl methyl sites for hydroxylation is 1. The van der Waals surface area contributed by atoms with Crippen LogP contribution in [0, 0.1) is 18.6 Å². The van der Waals surface area contributed by atoms with E-state index in [9.17, 15) is 0 Å². The third kappa shape index (κ3) is 1.19. The Morgan fingerprint density at radius 2 is 2.11 bits per heavy atom. The van der Waals surface area contributed by atoms with Crippen LogP contribution in [-0.2, 0) is 0 Å². The van der Waals surface area contributed by atoms with Crippen molar-refractivity contribution < 1.29 is 4.42 Å². The molecular weight excluding hydrogens is 132 g/mol. The molecule has 0 saturated carbocycles. The molecule has 0 aliphatic rings. The minimum Gasteiger partial charge on any atom is -0.453 e. The molecular formula is C7H8OS. The van der Waals surface area contributed by atoms with Crippen molar-refractivity contribution in [3.05, 3.63) is 28.2 Å². The minimum absolute atomic E-state index is 0.593. The van der Waals surface area contributed by atoms with Gasteiger partial charge < -0.3 is 4.42 Å². The Balaban J connectivity index is 3.43. The molecule has 1 aromatic heterocycles. The fourth-order valence-electron chi connectivity index (χ4n) is 0.572. The Morgan fingerprint density at radius 3 is 2.56 bits per heavy atom. The van der Waals surface area contributed by atoms with E-state index in [1.807, 2.05) is 19.9 Å². The second-order valence-corrected chi connectivity index (χ2v) is 2.39. The molecule has 1 heterocycles. The van der Waals surface area contributed by atoms with Crippen LogP contribution in [0.15, 0.2) is 16.7 Å². The van der Waals surface area contributed by atoms with Crippen LogP contribution in [0.2, 0.25) is 0 Å². The van der Waals surface area contributed by atoms with E-state index in [0.29, 0.717) is 4.71 Å². The molecule has 0 saturated heterocycles. The van der Waals surface area contributed by atoms with Crippen molar-refractivity contribution in [3.8, 4) is 0 Å². The van der Waals surface area contributed by atoms with E-state index in [1.165, 1.54) is 5.56 Å². The lowest BCUT2D eigenvalue weighted by Gasteiger charge is -1.94. The van der Waals surface area contributed by atoms with Crippen LogP contribution in [0.1, 0.15) is 11.1 Å². The Morgan fingerprint density at radius 1 is 1.44 bits per heavy atom. The fraction of sp³-hybridized carbons (Fsp3) is 0.286. The highest BCUT2D eigenvalue weighted by Crippen LogP contribution is 2.06. The van der Waals surface area contributed by atoms with Gasteiger partial charge in [0, 0.05) is 5.56 Å². The van der Waals surface area contributed by atoms with Gasteiger partial charge in [0.25, 0.3) is 0 Å². The van der Waals surface area contributed by atoms with Gasteiger partial charge in [-0.15, -0.1) is 0 Å². The summed E-state index contributed by atoms with van der Waals surface area (Å²) in [6, 6.07) is 1.91. The molecule has 0 radical (unpaired) electrons. The molecule has 0 fully saturated rings. The normalized spacial score (nSPS) is 9.56. The molecule has 0 spiro atoms. The van der Waals surface area contributed by atoms with Gasteiger partial charge in [-0.3, -0.25) is 0 Å². The van der Waals surface area contributed by atoms with Gasteiger partial charge in [0.05, 0.1) is 6.26 Å². The van der Waals surface area contributed by atoms with Crippen LogP contribution in [0.25, 0.3) is 0 Å². The second kappa shape index (κ2) is 2.31. The summed E-state index contributed by atoms with van der Waals surface area (Å²) >= 11 is 4.87. The van der Waals surface area contributed by atoms with Crippen LogP contribution in [-0.4, -0.2) is 0 Å². The first-order valence-electron chi connectivity index (χ1n) is 2.77. The zero-order valence-corrected chi connectivity index (χ0v) is 6.29. The summed E-state index contributed by atoms with van der Waals surface area (Å²) in [7, 11) is 0. The van der Waals surface area contributed by atoms with Gasteiger partial charge in [0.1, 0.15) is 0 Å². The summed E-state index contributed by atoms with van der Waals surface area (Å²) in [5.41, 5.74) is 2.25. The van der Waals surface area contributed by atoms with Crippen LogP contribution in [0.4, 0.5) is 0 Å². The zero-order chi connectivity index (χ0) is 6.85. The maximum Gasteiger partial charge on any atom is 0.193 e. The maximum atomic E-state index is 4.95. The molecule has 0 amide bonds. The third-order valence-corrected chi connectivity index (χ3v) is 1.79. The number of hydrogen-bond acceptors (Lipinski definition) is 2. The summed E-state index contributed by atoms with van der Waals surface area (Å²) in [6.45, 7) is 3.97. The lowest BCUT2D eigenvalue weighted by molar-refractivity contribution is 0.527. The predicted octanol–water partition coefficient (Wildman–Crippen LogP) is 2.63. The van der Waals surface area contributed by atoms with Gasteiger partial charge in [-0.05, 0) is 37.7 Å². The molecule has 9 heavy (non-hydrogen) atoms. The van der Waals surface area contributed by atoms with Crippen molar-refractivity contribution in [1.82, 2.24) is 0 Å². The first-order chi connectivity index (χ1) is 4.22. The SMILES string of the molecule is Cc1ccoc(=S)c1C. The molecule has 0 unspecified atom stereocenters. The van der Waals surface area contributed by atoms with E-state index >= 15 is 0 Å². The van der Waals surface area contributed by atoms with Crippen molar-refractivity contribution in [3.63, 3.8) is 0 Å². The van der Waals surface area contributed by atoms with Crippen LogP contribution in [0.3, 0.4) is 0 Å². The molecule has 0 aromatic carbocycles. The van der Waals surface area contributed by atoms with E-state index in [1.54, 1.807) is 6.26 Å². The largest absolute Gasteiger partial charge is 0.453 e. The summed E-state index contributed by atoms with van der Waals surface area (Å²) in [5, 5.41) is 0. The van der Waals surface area contributed by atoms with E-state index in [0.717, 1.165) is 5.56 Å². The molecule has 2 heteroatoms. The first-order valence-corrected chi connectivity index (χ1v) is 3.17. The lowest BCUT2D eigenvalue weighted by atomic mass is 10.2. The zero-order valence-electron chi connectivity index (χ0n) is 5.47. The van der Waals surface area contributed by atoms with E-state index in [-0.39, 0.29) is 0 Å². The molecule has 48 valence electrons. The monoisotopic (exact) mass is 140 g/mol. The highest BCUT2D eigenvalue weighted by molar-refractivity contribution is 7.71. The first kappa shape index (κ1) is 6.49. The van der Waals surface area contributed by atoms with E-state index < -0.39 is 0 Å². The van der Waals surface area contributed by atoms with Crippen molar-refractivity contribution in [2.24, 2.45) is 0 Å². The third-order valence-electron chi connectivity index (χ3n) is 1.39. The molecule has 0 aliphatic carbocycles. The predicted molar refractivity (Wildman–Crippen MR) is 39.0 cm³/mol. The number of hydrogen-bond donors (Lipinski definition) is 0. The summed E-state index contributed by atoms with van der Waals surface area (Å²) in [5.74, 6) is 0. The Hall–Kier alpha value is -0.630. The van der Waals surface area contributed by atoms with Gasteiger partial charge in [-0.1, -0.05) is 0 Å². The van der Waals surface area contributed by atoms with Crippen molar-refractivity contribution in [2.45, 2.75) is 13.8 Å². The van der Waals surface area contributed by atoms with Crippen LogP contribution < -0.4 is 0 Å². The summed E-state index contributed by atoms with van der Waals surface area (Å²) in [6.07, 6.45) is 1.62. The smallest absolute Gasteiger partial charge is 0.193 e. The van der Waals surface area contributed by atoms with Gasteiger partial charge in [0.15, 0.2) is 4.71 Å². The maximum absolute atomic E-state index is 4.95. The van der Waals surface area contributed by atoms with Crippen molar-refractivity contribution in [2.75, 3.05) is 0 Å². The molecule has 1 rings (SSSR count). The number of rotatable bonds is 0. The highest BCUT2D eigenvalue weighted by atomic mass is 32.1. The average molecular weight is 140 g/mol. The van der Waals surface area contributed by atoms with Gasteiger partial charge in [0.2, 0.25) is 0 Å². The fourth-order valence-corrected chi connectivity index (χ4v) is 0.789. The second-order valence-electron chi connectivity index (χ2n) is 2.02.